The van der Waals surface area contributed by atoms with Crippen LogP contribution < -0.4 is 5.32 Å². The summed E-state index contributed by atoms with van der Waals surface area (Å²) in [5.41, 5.74) is 1.46. The molecule has 0 aliphatic heterocycles. The van der Waals surface area contributed by atoms with Gasteiger partial charge in [-0.15, -0.1) is 6.42 Å². The van der Waals surface area contributed by atoms with E-state index in [1.165, 1.54) is 0 Å². The molecule has 0 radical (unpaired) electrons. The van der Waals surface area contributed by atoms with E-state index in [0.717, 1.165) is 5.69 Å². The van der Waals surface area contributed by atoms with Gasteiger partial charge in [-0.2, -0.15) is 13.2 Å². The van der Waals surface area contributed by atoms with E-state index in [0.29, 0.717) is 5.56 Å². The Morgan fingerprint density at radius 1 is 1.31 bits per heavy atom. The summed E-state index contributed by atoms with van der Waals surface area (Å²) in [6.07, 6.45) is 0.413. The molecule has 0 aromatic heterocycles. The van der Waals surface area contributed by atoms with Gasteiger partial charge in [-0.3, -0.25) is 0 Å². The molecule has 86 valence electrons. The van der Waals surface area contributed by atoms with E-state index in [9.17, 15) is 13.2 Å². The van der Waals surface area contributed by atoms with Crippen molar-refractivity contribution >= 4 is 5.69 Å². The molecule has 0 spiro atoms. The van der Waals surface area contributed by atoms with Crippen LogP contribution in [0.1, 0.15) is 18.4 Å². The molecule has 0 aliphatic carbocycles. The molecule has 0 atom stereocenters. The lowest BCUT2D eigenvalue weighted by molar-refractivity contribution is -0.134. The molecule has 1 N–H and O–H groups in total. The largest absolute Gasteiger partial charge is 0.389 e. The molecule has 0 bridgehead atoms. The zero-order valence-electron chi connectivity index (χ0n) is 8.64. The third kappa shape index (κ3) is 4.74. The van der Waals surface area contributed by atoms with Crippen molar-refractivity contribution in [2.75, 3.05) is 11.9 Å². The van der Waals surface area contributed by atoms with Crippen molar-refractivity contribution in [3.8, 4) is 12.3 Å². The highest BCUT2D eigenvalue weighted by Crippen LogP contribution is 2.21. The Bertz CT molecular complexity index is 377. The van der Waals surface area contributed by atoms with Crippen LogP contribution in [0.5, 0.6) is 0 Å². The summed E-state index contributed by atoms with van der Waals surface area (Å²) in [5, 5.41) is 2.90. The van der Waals surface area contributed by atoms with Gasteiger partial charge in [-0.05, 0) is 24.6 Å². The molecule has 0 amide bonds. The van der Waals surface area contributed by atoms with Crippen LogP contribution in [0.25, 0.3) is 0 Å². The molecule has 4 heteroatoms. The smallest absolute Gasteiger partial charge is 0.385 e. The summed E-state index contributed by atoms with van der Waals surface area (Å²) in [5.74, 6) is 2.46. The van der Waals surface area contributed by atoms with Crippen molar-refractivity contribution in [2.24, 2.45) is 0 Å². The lowest BCUT2D eigenvalue weighted by Crippen LogP contribution is -2.10. The van der Waals surface area contributed by atoms with E-state index in [-0.39, 0.29) is 13.0 Å². The number of hydrogen-bond acceptors (Lipinski definition) is 1. The first kappa shape index (κ1) is 12.4. The average Bonchev–Trinajstić information content (AvgIpc) is 2.23. The predicted octanol–water partition coefficient (Wildman–Crippen LogP) is 3.42. The Kier molecular flexibility index (Phi) is 4.24. The average molecular weight is 227 g/mol. The van der Waals surface area contributed by atoms with Crippen LogP contribution in [0, 0.1) is 12.3 Å². The first-order valence-electron chi connectivity index (χ1n) is 4.88. The van der Waals surface area contributed by atoms with Gasteiger partial charge in [-0.1, -0.05) is 12.0 Å². The normalized spacial score (nSPS) is 10.9. The van der Waals surface area contributed by atoms with Crippen LogP contribution in [0.3, 0.4) is 0 Å². The van der Waals surface area contributed by atoms with Crippen molar-refractivity contribution in [1.82, 2.24) is 0 Å². The van der Waals surface area contributed by atoms with Gasteiger partial charge in [0.2, 0.25) is 0 Å². The van der Waals surface area contributed by atoms with E-state index >= 15 is 0 Å². The summed E-state index contributed by atoms with van der Waals surface area (Å²) in [6.45, 7) is 0.285. The van der Waals surface area contributed by atoms with Crippen molar-refractivity contribution in [3.63, 3.8) is 0 Å². The Balaban J connectivity index is 2.35. The minimum absolute atomic E-state index is 0.0593. The number of terminal acetylenes is 1. The molecule has 0 heterocycles. The molecular weight excluding hydrogens is 215 g/mol. The van der Waals surface area contributed by atoms with E-state index in [4.69, 9.17) is 6.42 Å². The van der Waals surface area contributed by atoms with Crippen molar-refractivity contribution < 1.29 is 13.2 Å². The molecule has 0 saturated heterocycles. The third-order valence-corrected chi connectivity index (χ3v) is 2.00. The molecular formula is C12H12F3N. The lowest BCUT2D eigenvalue weighted by Gasteiger charge is -2.08. The van der Waals surface area contributed by atoms with E-state index in [2.05, 4.69) is 11.2 Å². The van der Waals surface area contributed by atoms with Gasteiger partial charge in [0.1, 0.15) is 0 Å². The van der Waals surface area contributed by atoms with Gasteiger partial charge in [0.25, 0.3) is 0 Å². The quantitative estimate of drug-likeness (QED) is 0.614. The number of anilines is 1. The van der Waals surface area contributed by atoms with Crippen molar-refractivity contribution in [1.29, 1.82) is 0 Å². The Hall–Kier alpha value is -1.63. The number of nitrogens with one attached hydrogen (secondary N) is 1. The van der Waals surface area contributed by atoms with Gasteiger partial charge in [0.05, 0.1) is 0 Å². The molecule has 0 saturated carbocycles. The molecule has 1 rings (SSSR count). The number of benzene rings is 1. The summed E-state index contributed by atoms with van der Waals surface area (Å²) >= 11 is 0. The van der Waals surface area contributed by atoms with Crippen LogP contribution in [0.4, 0.5) is 18.9 Å². The summed E-state index contributed by atoms with van der Waals surface area (Å²) in [6, 6.07) is 7.03. The third-order valence-electron chi connectivity index (χ3n) is 2.00. The van der Waals surface area contributed by atoms with E-state index in [1.807, 2.05) is 0 Å². The highest BCUT2D eigenvalue weighted by Gasteiger charge is 2.25. The lowest BCUT2D eigenvalue weighted by atomic mass is 10.2. The van der Waals surface area contributed by atoms with Crippen molar-refractivity contribution in [2.45, 2.75) is 19.0 Å². The highest BCUT2D eigenvalue weighted by atomic mass is 19.4. The molecule has 1 aromatic rings. The van der Waals surface area contributed by atoms with Gasteiger partial charge in [-0.25, -0.2) is 0 Å². The number of hydrogen-bond donors (Lipinski definition) is 1. The molecule has 1 nitrogen and oxygen atoms in total. The fourth-order valence-electron chi connectivity index (χ4n) is 1.24. The van der Waals surface area contributed by atoms with E-state index in [1.54, 1.807) is 24.3 Å². The predicted molar refractivity (Wildman–Crippen MR) is 58.2 cm³/mol. The number of halogens is 3. The SMILES string of the molecule is C#Cc1cccc(NCCCC(F)(F)F)c1. The molecule has 0 fully saturated rings. The Morgan fingerprint density at radius 2 is 2.06 bits per heavy atom. The van der Waals surface area contributed by atoms with Gasteiger partial charge >= 0.3 is 6.18 Å². The maximum atomic E-state index is 11.8. The first-order valence-corrected chi connectivity index (χ1v) is 4.88. The molecule has 16 heavy (non-hydrogen) atoms. The van der Waals surface area contributed by atoms with Crippen LogP contribution in [0.15, 0.2) is 24.3 Å². The second-order valence-electron chi connectivity index (χ2n) is 3.37. The Labute approximate surface area is 92.7 Å². The fraction of sp³-hybridized carbons (Fsp3) is 0.333. The van der Waals surface area contributed by atoms with Crippen LogP contribution in [-0.4, -0.2) is 12.7 Å². The molecule has 0 aliphatic rings. The first-order chi connectivity index (χ1) is 7.51. The monoisotopic (exact) mass is 227 g/mol. The number of alkyl halides is 3. The van der Waals surface area contributed by atoms with Gasteiger partial charge in [0.15, 0.2) is 0 Å². The van der Waals surface area contributed by atoms with Gasteiger partial charge in [0, 0.05) is 24.2 Å². The van der Waals surface area contributed by atoms with Gasteiger partial charge < -0.3 is 5.32 Å². The second kappa shape index (κ2) is 5.45. The number of rotatable bonds is 4. The topological polar surface area (TPSA) is 12.0 Å². The second-order valence-corrected chi connectivity index (χ2v) is 3.37. The molecule has 1 aromatic carbocycles. The minimum atomic E-state index is -4.08. The highest BCUT2D eigenvalue weighted by molar-refractivity contribution is 5.49. The Morgan fingerprint density at radius 3 is 2.69 bits per heavy atom. The maximum Gasteiger partial charge on any atom is 0.389 e. The van der Waals surface area contributed by atoms with Crippen molar-refractivity contribution in [3.05, 3.63) is 29.8 Å². The van der Waals surface area contributed by atoms with E-state index < -0.39 is 12.6 Å². The summed E-state index contributed by atoms with van der Waals surface area (Å²) < 4.78 is 35.5. The summed E-state index contributed by atoms with van der Waals surface area (Å²) in [7, 11) is 0. The summed E-state index contributed by atoms with van der Waals surface area (Å²) in [4.78, 5) is 0. The maximum absolute atomic E-state index is 11.8. The van der Waals surface area contributed by atoms with Crippen LogP contribution in [0.2, 0.25) is 0 Å². The molecule has 0 unspecified atom stereocenters. The minimum Gasteiger partial charge on any atom is -0.385 e. The zero-order chi connectivity index (χ0) is 12.0. The van der Waals surface area contributed by atoms with Crippen LogP contribution >= 0.6 is 0 Å². The fourth-order valence-corrected chi connectivity index (χ4v) is 1.24. The zero-order valence-corrected chi connectivity index (χ0v) is 8.64. The standard InChI is InChI=1S/C12H12F3N/c1-2-10-5-3-6-11(9-10)16-8-4-7-12(13,14)15/h1,3,5-6,9,16H,4,7-8H2. The van der Waals surface area contributed by atoms with Crippen LogP contribution in [-0.2, 0) is 0 Å².